The number of halogens is 1. The molecule has 5 heteroatoms. The van der Waals surface area contributed by atoms with Gasteiger partial charge in [-0.2, -0.15) is 0 Å². The highest BCUT2D eigenvalue weighted by atomic mass is 79.9. The van der Waals surface area contributed by atoms with E-state index in [1.165, 1.54) is 0 Å². The molecule has 1 N–H and O–H groups in total. The van der Waals surface area contributed by atoms with Gasteiger partial charge < -0.3 is 9.72 Å². The number of carbonyl (C=O) groups is 2. The molecule has 0 fully saturated rings. The van der Waals surface area contributed by atoms with E-state index in [0.717, 1.165) is 9.99 Å². The van der Waals surface area contributed by atoms with Crippen molar-refractivity contribution in [2.75, 3.05) is 6.61 Å². The van der Waals surface area contributed by atoms with Crippen LogP contribution in [0, 0.1) is 0 Å². The Kier molecular flexibility index (Phi) is 3.28. The lowest BCUT2D eigenvalue weighted by Gasteiger charge is -1.99. The molecule has 88 valence electrons. The fraction of sp³-hybridized carbons (Fsp3) is 0.167. The van der Waals surface area contributed by atoms with Crippen LogP contribution in [0.2, 0.25) is 0 Å². The molecular weight excluding hydrogens is 286 g/mol. The fourth-order valence-electron chi connectivity index (χ4n) is 1.71. The molecule has 0 unspecified atom stereocenters. The summed E-state index contributed by atoms with van der Waals surface area (Å²) in [6.07, 6.45) is 0.663. The van der Waals surface area contributed by atoms with Crippen molar-refractivity contribution in [3.05, 3.63) is 33.9 Å². The minimum absolute atomic E-state index is 0.198. The molecule has 2 aromatic rings. The predicted octanol–water partition coefficient (Wildman–Crippen LogP) is 2.92. The molecule has 1 aromatic carbocycles. The van der Waals surface area contributed by atoms with Crippen LogP contribution in [0.5, 0.6) is 0 Å². The smallest absolute Gasteiger partial charge is 0.355 e. The van der Waals surface area contributed by atoms with Gasteiger partial charge >= 0.3 is 5.97 Å². The molecule has 0 aliphatic heterocycles. The Labute approximate surface area is 106 Å². The number of ether oxygens (including phenoxy) is 1. The van der Waals surface area contributed by atoms with E-state index in [1.54, 1.807) is 13.0 Å². The summed E-state index contributed by atoms with van der Waals surface area (Å²) in [6, 6.07) is 5.44. The van der Waals surface area contributed by atoms with Crippen LogP contribution >= 0.6 is 15.9 Å². The second kappa shape index (κ2) is 4.71. The van der Waals surface area contributed by atoms with Crippen LogP contribution in [0.15, 0.2) is 22.7 Å². The summed E-state index contributed by atoms with van der Waals surface area (Å²) < 4.78 is 5.66. The minimum atomic E-state index is -0.516. The maximum Gasteiger partial charge on any atom is 0.355 e. The second-order valence-corrected chi connectivity index (χ2v) is 4.27. The van der Waals surface area contributed by atoms with Crippen molar-refractivity contribution in [2.24, 2.45) is 0 Å². The number of benzene rings is 1. The average Bonchev–Trinajstić information content (AvgIpc) is 2.69. The van der Waals surface area contributed by atoms with Gasteiger partial charge in [-0.25, -0.2) is 4.79 Å². The number of carbonyl (C=O) groups excluding carboxylic acids is 2. The summed E-state index contributed by atoms with van der Waals surface area (Å²) in [5, 5.41) is 0.700. The Morgan fingerprint density at radius 3 is 2.94 bits per heavy atom. The summed E-state index contributed by atoms with van der Waals surface area (Å²) in [7, 11) is 0. The van der Waals surface area contributed by atoms with E-state index in [1.807, 2.05) is 12.1 Å². The van der Waals surface area contributed by atoms with Gasteiger partial charge in [-0.3, -0.25) is 4.79 Å². The number of esters is 1. The number of aromatic nitrogens is 1. The maximum absolute atomic E-state index is 11.7. The largest absolute Gasteiger partial charge is 0.461 e. The van der Waals surface area contributed by atoms with Gasteiger partial charge in [0.1, 0.15) is 5.69 Å². The van der Waals surface area contributed by atoms with E-state index < -0.39 is 5.97 Å². The van der Waals surface area contributed by atoms with Crippen LogP contribution in [-0.4, -0.2) is 23.8 Å². The van der Waals surface area contributed by atoms with Gasteiger partial charge in [-0.1, -0.05) is 22.0 Å². The molecule has 0 aliphatic rings. The second-order valence-electron chi connectivity index (χ2n) is 3.41. The van der Waals surface area contributed by atoms with E-state index in [0.29, 0.717) is 17.2 Å². The molecule has 0 saturated heterocycles. The Balaban J connectivity index is 2.69. The maximum atomic E-state index is 11.7. The number of nitrogens with one attached hydrogen (secondary N) is 1. The zero-order valence-electron chi connectivity index (χ0n) is 9.12. The first-order valence-electron chi connectivity index (χ1n) is 5.11. The lowest BCUT2D eigenvalue weighted by molar-refractivity contribution is 0.0518. The normalized spacial score (nSPS) is 10.5. The Bertz CT molecular complexity index is 589. The zero-order valence-corrected chi connectivity index (χ0v) is 10.7. The van der Waals surface area contributed by atoms with Crippen LogP contribution in [0.1, 0.15) is 27.8 Å². The summed E-state index contributed by atoms with van der Waals surface area (Å²) in [6.45, 7) is 1.99. The molecule has 1 aromatic heterocycles. The first-order valence-corrected chi connectivity index (χ1v) is 5.90. The van der Waals surface area contributed by atoms with E-state index in [4.69, 9.17) is 4.74 Å². The predicted molar refractivity (Wildman–Crippen MR) is 67.3 cm³/mol. The topological polar surface area (TPSA) is 59.2 Å². The first kappa shape index (κ1) is 11.9. The van der Waals surface area contributed by atoms with Crippen molar-refractivity contribution >= 4 is 39.1 Å². The fourth-order valence-corrected chi connectivity index (χ4v) is 2.29. The van der Waals surface area contributed by atoms with Crippen LogP contribution in [0.4, 0.5) is 0 Å². The quantitative estimate of drug-likeness (QED) is 0.700. The van der Waals surface area contributed by atoms with Gasteiger partial charge in [0.2, 0.25) is 0 Å². The molecule has 0 spiro atoms. The van der Waals surface area contributed by atoms with Gasteiger partial charge in [0.05, 0.1) is 12.2 Å². The summed E-state index contributed by atoms with van der Waals surface area (Å²) in [5.41, 5.74) is 1.25. The van der Waals surface area contributed by atoms with Crippen molar-refractivity contribution in [3.63, 3.8) is 0 Å². The Morgan fingerprint density at radius 2 is 2.29 bits per heavy atom. The van der Waals surface area contributed by atoms with E-state index in [2.05, 4.69) is 20.9 Å². The van der Waals surface area contributed by atoms with Crippen LogP contribution in [-0.2, 0) is 4.74 Å². The molecule has 1 heterocycles. The molecule has 0 aliphatic carbocycles. The van der Waals surface area contributed by atoms with Crippen LogP contribution in [0.3, 0.4) is 0 Å². The van der Waals surface area contributed by atoms with E-state index in [9.17, 15) is 9.59 Å². The number of fused-ring (bicyclic) bond motifs is 1. The first-order chi connectivity index (χ1) is 8.19. The number of H-pyrrole nitrogens is 1. The Morgan fingerprint density at radius 1 is 1.53 bits per heavy atom. The molecule has 2 rings (SSSR count). The van der Waals surface area contributed by atoms with Crippen molar-refractivity contribution in [2.45, 2.75) is 6.92 Å². The molecule has 4 nitrogen and oxygen atoms in total. The third-order valence-corrected chi connectivity index (χ3v) is 3.07. The lowest BCUT2D eigenvalue weighted by Crippen LogP contribution is -2.07. The number of hydrogen-bond acceptors (Lipinski definition) is 3. The summed E-state index contributed by atoms with van der Waals surface area (Å²) in [4.78, 5) is 25.7. The Hall–Kier alpha value is -1.62. The van der Waals surface area contributed by atoms with Crippen molar-refractivity contribution in [1.82, 2.24) is 4.98 Å². The van der Waals surface area contributed by atoms with Crippen molar-refractivity contribution < 1.29 is 14.3 Å². The molecule has 17 heavy (non-hydrogen) atoms. The molecule has 0 saturated carbocycles. The number of rotatable bonds is 3. The van der Waals surface area contributed by atoms with Gasteiger partial charge in [-0.05, 0) is 19.1 Å². The number of aromatic amines is 1. The summed E-state index contributed by atoms with van der Waals surface area (Å²) >= 11 is 3.36. The van der Waals surface area contributed by atoms with Gasteiger partial charge in [-0.15, -0.1) is 0 Å². The van der Waals surface area contributed by atoms with Gasteiger partial charge in [0.25, 0.3) is 0 Å². The molecule has 0 radical (unpaired) electrons. The van der Waals surface area contributed by atoms with Gasteiger partial charge in [0.15, 0.2) is 6.29 Å². The van der Waals surface area contributed by atoms with E-state index in [-0.39, 0.29) is 12.3 Å². The van der Waals surface area contributed by atoms with Crippen LogP contribution in [0.25, 0.3) is 10.9 Å². The molecular formula is C12H10BrNO3. The highest BCUT2D eigenvalue weighted by Gasteiger charge is 2.19. The van der Waals surface area contributed by atoms with Crippen LogP contribution < -0.4 is 0 Å². The highest BCUT2D eigenvalue weighted by Crippen LogP contribution is 2.28. The third-order valence-electron chi connectivity index (χ3n) is 2.41. The SMILES string of the molecule is CCOC(=O)c1[nH]c2cccc(Br)c2c1C=O. The zero-order chi connectivity index (χ0) is 12.4. The third kappa shape index (κ3) is 1.98. The van der Waals surface area contributed by atoms with Crippen molar-refractivity contribution in [3.8, 4) is 0 Å². The number of aldehydes is 1. The lowest BCUT2D eigenvalue weighted by atomic mass is 10.1. The number of hydrogen-bond donors (Lipinski definition) is 1. The molecule has 0 bridgehead atoms. The van der Waals surface area contributed by atoms with E-state index >= 15 is 0 Å². The minimum Gasteiger partial charge on any atom is -0.461 e. The summed E-state index contributed by atoms with van der Waals surface area (Å²) in [5.74, 6) is -0.516. The van der Waals surface area contributed by atoms with Crippen molar-refractivity contribution in [1.29, 1.82) is 0 Å². The molecule has 0 amide bonds. The highest BCUT2D eigenvalue weighted by molar-refractivity contribution is 9.10. The average molecular weight is 296 g/mol. The standard InChI is InChI=1S/C12H10BrNO3/c1-2-17-12(16)11-7(6-15)10-8(13)4-3-5-9(10)14-11/h3-6,14H,2H2,1H3. The van der Waals surface area contributed by atoms with Gasteiger partial charge in [0, 0.05) is 15.4 Å². The monoisotopic (exact) mass is 295 g/mol. The molecule has 0 atom stereocenters.